The second-order valence-corrected chi connectivity index (χ2v) is 13.2. The molecule has 0 saturated heterocycles. The third-order valence-electron chi connectivity index (χ3n) is 9.93. The molecule has 53 heavy (non-hydrogen) atoms. The van der Waals surface area contributed by atoms with Gasteiger partial charge in [0.2, 0.25) is 5.89 Å². The molecule has 0 saturated carbocycles. The molecule has 0 unspecified atom stereocenters. The Labute approximate surface area is 306 Å². The fraction of sp³-hybridized carbons (Fsp3) is 0. The van der Waals surface area contributed by atoms with Gasteiger partial charge in [0, 0.05) is 33.7 Å². The number of hydrogen-bond acceptors (Lipinski definition) is 4. The third-order valence-corrected chi connectivity index (χ3v) is 9.93. The molecule has 2 heterocycles. The molecule has 10 aromatic rings. The van der Waals surface area contributed by atoms with Crippen molar-refractivity contribution >= 4 is 50.1 Å². The van der Waals surface area contributed by atoms with Gasteiger partial charge in [-0.3, -0.25) is 0 Å². The molecule has 0 amide bonds. The number of fused-ring (bicyclic) bond motifs is 4. The van der Waals surface area contributed by atoms with Crippen LogP contribution in [-0.2, 0) is 0 Å². The van der Waals surface area contributed by atoms with Crippen LogP contribution in [0.4, 0.5) is 17.1 Å². The van der Waals surface area contributed by atoms with Crippen molar-refractivity contribution in [1.29, 1.82) is 0 Å². The van der Waals surface area contributed by atoms with Crippen molar-refractivity contribution in [3.05, 3.63) is 194 Å². The van der Waals surface area contributed by atoms with E-state index in [4.69, 9.17) is 13.8 Å². The van der Waals surface area contributed by atoms with Crippen LogP contribution < -0.4 is 4.90 Å². The molecule has 4 nitrogen and oxygen atoms in total. The first kappa shape index (κ1) is 30.6. The van der Waals surface area contributed by atoms with E-state index in [-0.39, 0.29) is 0 Å². The van der Waals surface area contributed by atoms with Crippen LogP contribution in [0.3, 0.4) is 0 Å². The first-order valence-corrected chi connectivity index (χ1v) is 17.8. The van der Waals surface area contributed by atoms with Crippen LogP contribution in [0, 0.1) is 0 Å². The van der Waals surface area contributed by atoms with Crippen molar-refractivity contribution in [1.82, 2.24) is 4.98 Å². The highest BCUT2D eigenvalue weighted by molar-refractivity contribution is 6.13. The van der Waals surface area contributed by atoms with Gasteiger partial charge in [-0.05, 0) is 70.3 Å². The van der Waals surface area contributed by atoms with Gasteiger partial charge in [-0.15, -0.1) is 0 Å². The Hall–Kier alpha value is -7.17. The first-order valence-electron chi connectivity index (χ1n) is 17.8. The van der Waals surface area contributed by atoms with E-state index in [1.165, 1.54) is 16.7 Å². The van der Waals surface area contributed by atoms with Crippen LogP contribution >= 0.6 is 0 Å². The average molecular weight is 681 g/mol. The second kappa shape index (κ2) is 12.9. The lowest BCUT2D eigenvalue weighted by Gasteiger charge is -2.28. The lowest BCUT2D eigenvalue weighted by atomic mass is 9.98. The molecule has 0 bridgehead atoms. The molecular formula is C49H32N2O2. The highest BCUT2D eigenvalue weighted by Crippen LogP contribution is 2.46. The minimum absolute atomic E-state index is 0.594. The SMILES string of the molecule is c1ccc(-c2ccc(-c3ccccc3N(c3ccc(-c4ccccc4)cc3)c3cccc4c3oc3cc5oc(-c6ccccc6)nc5cc34)cc2)cc1. The number of nitrogens with zero attached hydrogens (tertiary/aromatic N) is 2. The van der Waals surface area contributed by atoms with Crippen LogP contribution in [0.2, 0.25) is 0 Å². The average Bonchev–Trinajstić information content (AvgIpc) is 3.83. The summed E-state index contributed by atoms with van der Waals surface area (Å²) in [7, 11) is 0. The smallest absolute Gasteiger partial charge is 0.227 e. The van der Waals surface area contributed by atoms with Gasteiger partial charge in [0.15, 0.2) is 11.2 Å². The van der Waals surface area contributed by atoms with E-state index in [1.54, 1.807) is 0 Å². The highest BCUT2D eigenvalue weighted by atomic mass is 16.4. The number of anilines is 3. The molecular weight excluding hydrogens is 649 g/mol. The lowest BCUT2D eigenvalue weighted by Crippen LogP contribution is -2.11. The topological polar surface area (TPSA) is 42.4 Å². The zero-order valence-corrected chi connectivity index (χ0v) is 28.7. The summed E-state index contributed by atoms with van der Waals surface area (Å²) in [5.41, 5.74) is 13.9. The number of aromatic nitrogens is 1. The Morgan fingerprint density at radius 2 is 0.925 bits per heavy atom. The van der Waals surface area contributed by atoms with Crippen molar-refractivity contribution in [2.24, 2.45) is 0 Å². The van der Waals surface area contributed by atoms with Crippen molar-refractivity contribution in [2.75, 3.05) is 4.90 Å². The monoisotopic (exact) mass is 680 g/mol. The van der Waals surface area contributed by atoms with Gasteiger partial charge in [0.1, 0.15) is 11.1 Å². The third kappa shape index (κ3) is 5.54. The van der Waals surface area contributed by atoms with E-state index < -0.39 is 0 Å². The van der Waals surface area contributed by atoms with Crippen molar-refractivity contribution in [3.8, 4) is 44.8 Å². The molecule has 0 fully saturated rings. The van der Waals surface area contributed by atoms with E-state index in [1.807, 2.05) is 48.5 Å². The summed E-state index contributed by atoms with van der Waals surface area (Å²) in [6, 6.07) is 67.6. The van der Waals surface area contributed by atoms with Crippen molar-refractivity contribution in [2.45, 2.75) is 0 Å². The molecule has 0 aliphatic heterocycles. The van der Waals surface area contributed by atoms with Crippen LogP contribution in [-0.4, -0.2) is 4.98 Å². The van der Waals surface area contributed by atoms with Crippen LogP contribution in [0.25, 0.3) is 77.9 Å². The molecule has 8 aromatic carbocycles. The molecule has 2 aromatic heterocycles. The van der Waals surface area contributed by atoms with E-state index in [2.05, 4.69) is 150 Å². The summed E-state index contributed by atoms with van der Waals surface area (Å²) in [5, 5.41) is 2.01. The second-order valence-electron chi connectivity index (χ2n) is 13.2. The Bertz CT molecular complexity index is 2860. The number of para-hydroxylation sites is 2. The number of rotatable bonds is 7. The van der Waals surface area contributed by atoms with E-state index in [0.717, 1.165) is 66.8 Å². The predicted molar refractivity (Wildman–Crippen MR) is 218 cm³/mol. The zero-order valence-electron chi connectivity index (χ0n) is 28.7. The minimum atomic E-state index is 0.594. The maximum absolute atomic E-state index is 6.80. The molecule has 0 N–H and O–H groups in total. The quantitative estimate of drug-likeness (QED) is 0.168. The molecule has 10 rings (SSSR count). The van der Waals surface area contributed by atoms with Crippen LogP contribution in [0.5, 0.6) is 0 Å². The summed E-state index contributed by atoms with van der Waals surface area (Å²) in [4.78, 5) is 7.17. The normalized spacial score (nSPS) is 11.4. The molecule has 0 radical (unpaired) electrons. The number of benzene rings is 8. The van der Waals surface area contributed by atoms with Gasteiger partial charge >= 0.3 is 0 Å². The van der Waals surface area contributed by atoms with E-state index in [9.17, 15) is 0 Å². The van der Waals surface area contributed by atoms with Crippen LogP contribution in [0.15, 0.2) is 203 Å². The fourth-order valence-corrected chi connectivity index (χ4v) is 7.31. The molecule has 0 spiro atoms. The summed E-state index contributed by atoms with van der Waals surface area (Å²) >= 11 is 0. The first-order chi connectivity index (χ1) is 26.3. The molecule has 4 heteroatoms. The minimum Gasteiger partial charge on any atom is -0.454 e. The van der Waals surface area contributed by atoms with Gasteiger partial charge in [-0.1, -0.05) is 146 Å². The Balaban J connectivity index is 1.14. The van der Waals surface area contributed by atoms with Crippen molar-refractivity contribution in [3.63, 3.8) is 0 Å². The Morgan fingerprint density at radius 3 is 1.60 bits per heavy atom. The van der Waals surface area contributed by atoms with Gasteiger partial charge in [0.05, 0.1) is 11.4 Å². The molecule has 0 atom stereocenters. The summed E-state index contributed by atoms with van der Waals surface area (Å²) < 4.78 is 13.0. The number of hydrogen-bond donors (Lipinski definition) is 0. The maximum atomic E-state index is 6.80. The predicted octanol–water partition coefficient (Wildman–Crippen LogP) is 13.9. The zero-order chi connectivity index (χ0) is 35.1. The standard InChI is InChI=1S/C49H32N2O2/c1-4-13-33(14-5-1)35-23-25-37(26-24-35)40-19-10-11-21-44(40)51(39-29-27-36(28-30-39)34-15-6-2-7-16-34)45-22-12-20-41-42-31-43-47(32-46(42)52-48(41)45)53-49(50-43)38-17-8-3-9-18-38/h1-32H. The van der Waals surface area contributed by atoms with E-state index >= 15 is 0 Å². The van der Waals surface area contributed by atoms with Crippen LogP contribution in [0.1, 0.15) is 0 Å². The van der Waals surface area contributed by atoms with Gasteiger partial charge in [0.25, 0.3) is 0 Å². The van der Waals surface area contributed by atoms with Crippen molar-refractivity contribution < 1.29 is 8.83 Å². The molecule has 250 valence electrons. The maximum Gasteiger partial charge on any atom is 0.227 e. The Morgan fingerprint density at radius 1 is 0.377 bits per heavy atom. The Kier molecular flexibility index (Phi) is 7.43. The number of oxazole rings is 1. The number of furan rings is 1. The van der Waals surface area contributed by atoms with Gasteiger partial charge in [-0.2, -0.15) is 0 Å². The van der Waals surface area contributed by atoms with Gasteiger partial charge < -0.3 is 13.7 Å². The lowest BCUT2D eigenvalue weighted by molar-refractivity contribution is 0.617. The molecule has 0 aliphatic carbocycles. The fourth-order valence-electron chi connectivity index (χ4n) is 7.31. The molecule has 0 aliphatic rings. The highest BCUT2D eigenvalue weighted by Gasteiger charge is 2.23. The van der Waals surface area contributed by atoms with E-state index in [0.29, 0.717) is 11.5 Å². The largest absolute Gasteiger partial charge is 0.454 e. The summed E-state index contributed by atoms with van der Waals surface area (Å²) in [6.07, 6.45) is 0. The van der Waals surface area contributed by atoms with Gasteiger partial charge in [-0.25, -0.2) is 4.98 Å². The summed E-state index contributed by atoms with van der Waals surface area (Å²) in [6.45, 7) is 0. The summed E-state index contributed by atoms with van der Waals surface area (Å²) in [5.74, 6) is 0.594.